The number of thiocarbonyl (C=S) groups is 1. The fraction of sp³-hybridized carbons (Fsp3) is 0.233. The number of nitrogens with one attached hydrogen (secondary N) is 2. The van der Waals surface area contributed by atoms with E-state index in [1.54, 1.807) is 18.3 Å². The van der Waals surface area contributed by atoms with Gasteiger partial charge in [0.25, 0.3) is 0 Å². The summed E-state index contributed by atoms with van der Waals surface area (Å²) in [5.74, 6) is 0.170. The first-order chi connectivity index (χ1) is 18.3. The molecule has 0 radical (unpaired) electrons. The van der Waals surface area contributed by atoms with Crippen molar-refractivity contribution in [3.8, 4) is 11.4 Å². The molecule has 8 heteroatoms. The molecular weight excluding hydrogens is 494 g/mol. The van der Waals surface area contributed by atoms with E-state index in [4.69, 9.17) is 12.2 Å². The van der Waals surface area contributed by atoms with Crippen LogP contribution < -0.4 is 10.6 Å². The van der Waals surface area contributed by atoms with Crippen molar-refractivity contribution in [3.63, 3.8) is 0 Å². The summed E-state index contributed by atoms with van der Waals surface area (Å²) in [5.41, 5.74) is 6.95. The normalized spacial score (nSPS) is 16.9. The van der Waals surface area contributed by atoms with Crippen molar-refractivity contribution in [1.29, 1.82) is 0 Å². The third-order valence-corrected chi connectivity index (χ3v) is 7.45. The largest absolute Gasteiger partial charge is 0.508 e. The number of carbonyl (C=O) groups excluding carboxylic acids is 1. The van der Waals surface area contributed by atoms with Gasteiger partial charge in [0.1, 0.15) is 5.75 Å². The molecule has 0 bridgehead atoms. The molecule has 2 atom stereocenters. The molecular formula is C30H31N5O2S. The third kappa shape index (κ3) is 4.99. The molecule has 3 heterocycles. The van der Waals surface area contributed by atoms with Crippen molar-refractivity contribution < 1.29 is 9.90 Å². The Morgan fingerprint density at radius 1 is 1.05 bits per heavy atom. The van der Waals surface area contributed by atoms with Gasteiger partial charge in [-0.25, -0.2) is 0 Å². The number of benzene rings is 2. The van der Waals surface area contributed by atoms with Gasteiger partial charge in [0.15, 0.2) is 5.11 Å². The van der Waals surface area contributed by atoms with Gasteiger partial charge in [-0.3, -0.25) is 9.78 Å². The van der Waals surface area contributed by atoms with Crippen LogP contribution in [0, 0.1) is 20.8 Å². The molecule has 0 unspecified atom stereocenters. The quantitative estimate of drug-likeness (QED) is 0.276. The van der Waals surface area contributed by atoms with E-state index >= 15 is 0 Å². The number of hydrogen-bond donors (Lipinski definition) is 3. The summed E-state index contributed by atoms with van der Waals surface area (Å²) in [7, 11) is 0. The van der Waals surface area contributed by atoms with Crippen molar-refractivity contribution in [2.75, 3.05) is 11.9 Å². The van der Waals surface area contributed by atoms with Crippen molar-refractivity contribution in [2.45, 2.75) is 39.3 Å². The average molecular weight is 526 g/mol. The summed E-state index contributed by atoms with van der Waals surface area (Å²) in [6, 6.07) is 22.7. The average Bonchev–Trinajstić information content (AvgIpc) is 3.39. The molecule has 4 aromatic rings. The Hall–Kier alpha value is -4.17. The van der Waals surface area contributed by atoms with Gasteiger partial charge in [0.05, 0.1) is 17.8 Å². The minimum absolute atomic E-state index is 0.0586. The van der Waals surface area contributed by atoms with Crippen LogP contribution in [0.1, 0.15) is 46.7 Å². The number of anilines is 1. The Morgan fingerprint density at radius 3 is 2.50 bits per heavy atom. The second kappa shape index (κ2) is 10.7. The van der Waals surface area contributed by atoms with Crippen LogP contribution in [0.2, 0.25) is 0 Å². The van der Waals surface area contributed by atoms with Crippen molar-refractivity contribution >= 4 is 28.9 Å². The molecule has 1 fully saturated rings. The Morgan fingerprint density at radius 2 is 1.79 bits per heavy atom. The van der Waals surface area contributed by atoms with Gasteiger partial charge >= 0.3 is 0 Å². The lowest BCUT2D eigenvalue weighted by Crippen LogP contribution is -2.33. The predicted molar refractivity (Wildman–Crippen MR) is 153 cm³/mol. The van der Waals surface area contributed by atoms with Gasteiger partial charge in [-0.1, -0.05) is 24.3 Å². The number of amides is 1. The van der Waals surface area contributed by atoms with Crippen LogP contribution in [-0.4, -0.2) is 37.1 Å². The van der Waals surface area contributed by atoms with E-state index in [-0.39, 0.29) is 30.2 Å². The SMILES string of the molecule is Cc1ccccc1NC(=O)CCN1C(=S)N[C@H](c2ccccn2)[C@@H]1c1cc(C)n(-c2ccc(O)cc2)c1C. The molecule has 38 heavy (non-hydrogen) atoms. The molecule has 5 rings (SSSR count). The second-order valence-corrected chi connectivity index (χ2v) is 10.00. The Labute approximate surface area is 228 Å². The van der Waals surface area contributed by atoms with Crippen LogP contribution in [0.4, 0.5) is 5.69 Å². The van der Waals surface area contributed by atoms with Gasteiger partial charge in [-0.15, -0.1) is 0 Å². The number of phenolic OH excluding ortho intramolecular Hbond substituents is 1. The zero-order chi connectivity index (χ0) is 26.8. The molecule has 0 aliphatic carbocycles. The fourth-order valence-electron chi connectivity index (χ4n) is 5.22. The van der Waals surface area contributed by atoms with Crippen LogP contribution in [-0.2, 0) is 4.79 Å². The van der Waals surface area contributed by atoms with Gasteiger partial charge < -0.3 is 25.2 Å². The summed E-state index contributed by atoms with van der Waals surface area (Å²) < 4.78 is 2.18. The summed E-state index contributed by atoms with van der Waals surface area (Å²) in [6.07, 6.45) is 2.08. The van der Waals surface area contributed by atoms with Crippen molar-refractivity contribution in [3.05, 3.63) is 107 Å². The fourth-order valence-corrected chi connectivity index (χ4v) is 5.55. The highest BCUT2D eigenvalue weighted by Gasteiger charge is 2.41. The number of aromatic hydroxyl groups is 1. The maximum absolute atomic E-state index is 12.9. The molecule has 194 valence electrons. The second-order valence-electron chi connectivity index (χ2n) is 9.61. The summed E-state index contributed by atoms with van der Waals surface area (Å²) in [5, 5.41) is 16.9. The standard InChI is InChI=1S/C30H31N5O2S/c1-19-8-4-5-9-25(19)32-27(37)15-17-34-29(28(33-30(34)38)26-10-6-7-16-31-26)24-18-20(2)35(21(24)3)22-11-13-23(36)14-12-22/h4-14,16,18,28-29,36H,15,17H2,1-3H3,(H,32,37)(H,33,38)/t28-,29+/m1/s1. The number of phenols is 1. The van der Waals surface area contributed by atoms with Gasteiger partial charge in [0.2, 0.25) is 5.91 Å². The number of nitrogens with zero attached hydrogens (tertiary/aromatic N) is 3. The molecule has 2 aromatic carbocycles. The highest BCUT2D eigenvalue weighted by molar-refractivity contribution is 7.80. The van der Waals surface area contributed by atoms with E-state index in [9.17, 15) is 9.90 Å². The Balaban J connectivity index is 1.47. The van der Waals surface area contributed by atoms with Crippen LogP contribution in [0.25, 0.3) is 5.69 Å². The van der Waals surface area contributed by atoms with E-state index < -0.39 is 0 Å². The third-order valence-electron chi connectivity index (χ3n) is 7.09. The van der Waals surface area contributed by atoms with E-state index in [1.807, 2.05) is 61.5 Å². The number of hydrogen-bond acceptors (Lipinski definition) is 4. The van der Waals surface area contributed by atoms with E-state index in [0.717, 1.165) is 39.6 Å². The molecule has 1 aliphatic heterocycles. The molecule has 3 N–H and O–H groups in total. The molecule has 1 amide bonds. The molecule has 2 aromatic heterocycles. The van der Waals surface area contributed by atoms with E-state index in [0.29, 0.717) is 11.7 Å². The molecule has 0 saturated carbocycles. The number of carbonyl (C=O) groups is 1. The smallest absolute Gasteiger partial charge is 0.226 e. The Bertz CT molecular complexity index is 1470. The van der Waals surface area contributed by atoms with Crippen LogP contribution in [0.15, 0.2) is 79.0 Å². The lowest BCUT2D eigenvalue weighted by molar-refractivity contribution is -0.116. The maximum atomic E-state index is 12.9. The minimum Gasteiger partial charge on any atom is -0.508 e. The topological polar surface area (TPSA) is 82.4 Å². The van der Waals surface area contributed by atoms with E-state index in [1.165, 1.54) is 0 Å². The van der Waals surface area contributed by atoms with E-state index in [2.05, 4.69) is 45.0 Å². The molecule has 1 aliphatic rings. The number of rotatable bonds is 7. The molecule has 1 saturated heterocycles. The van der Waals surface area contributed by atoms with Crippen LogP contribution in [0.3, 0.4) is 0 Å². The highest BCUT2D eigenvalue weighted by atomic mass is 32.1. The summed E-state index contributed by atoms with van der Waals surface area (Å²) in [4.78, 5) is 19.7. The van der Waals surface area contributed by atoms with Crippen molar-refractivity contribution in [1.82, 2.24) is 19.8 Å². The first kappa shape index (κ1) is 25.5. The number of aryl methyl sites for hydroxylation is 2. The monoisotopic (exact) mass is 525 g/mol. The summed E-state index contributed by atoms with van der Waals surface area (Å²) >= 11 is 5.81. The number of pyridine rings is 1. The predicted octanol–water partition coefficient (Wildman–Crippen LogP) is 5.50. The van der Waals surface area contributed by atoms with Gasteiger partial charge in [0, 0.05) is 41.9 Å². The molecule has 0 spiro atoms. The first-order valence-corrected chi connectivity index (χ1v) is 13.1. The van der Waals surface area contributed by atoms with Crippen LogP contribution in [0.5, 0.6) is 5.75 Å². The lowest BCUT2D eigenvalue weighted by atomic mass is 9.96. The number of aromatic nitrogens is 2. The maximum Gasteiger partial charge on any atom is 0.226 e. The number of para-hydroxylation sites is 1. The summed E-state index contributed by atoms with van der Waals surface area (Å²) in [6.45, 7) is 6.60. The first-order valence-electron chi connectivity index (χ1n) is 12.7. The zero-order valence-electron chi connectivity index (χ0n) is 21.7. The minimum atomic E-state index is -0.170. The highest BCUT2D eigenvalue weighted by Crippen LogP contribution is 2.41. The molecule has 7 nitrogen and oxygen atoms in total. The zero-order valence-corrected chi connectivity index (χ0v) is 22.5. The van der Waals surface area contributed by atoms with Crippen molar-refractivity contribution in [2.24, 2.45) is 0 Å². The van der Waals surface area contributed by atoms with Crippen LogP contribution >= 0.6 is 12.2 Å². The van der Waals surface area contributed by atoms with Gasteiger partial charge in [-0.2, -0.15) is 0 Å². The Kier molecular flexibility index (Phi) is 7.15. The lowest BCUT2D eigenvalue weighted by Gasteiger charge is -2.28. The van der Waals surface area contributed by atoms with Gasteiger partial charge in [-0.05, 0) is 92.6 Å².